The van der Waals surface area contributed by atoms with Crippen molar-refractivity contribution >= 4 is 28.7 Å². The summed E-state index contributed by atoms with van der Waals surface area (Å²) in [7, 11) is 0. The Labute approximate surface area is 264 Å². The molecule has 3 aromatic carbocycles. The second-order valence-electron chi connectivity index (χ2n) is 11.1. The van der Waals surface area contributed by atoms with Crippen molar-refractivity contribution in [3.05, 3.63) is 122 Å². The number of halogens is 3. The van der Waals surface area contributed by atoms with Gasteiger partial charge in [-0.3, -0.25) is 4.79 Å². The molecule has 0 saturated carbocycles. The summed E-state index contributed by atoms with van der Waals surface area (Å²) in [6.07, 6.45) is 5.95. The van der Waals surface area contributed by atoms with Crippen LogP contribution in [0.15, 0.2) is 97.9 Å². The Morgan fingerprint density at radius 2 is 1.60 bits per heavy atom. The van der Waals surface area contributed by atoms with Gasteiger partial charge in [0.25, 0.3) is 0 Å². The number of alkyl halides is 3. The number of carboxylic acid groups (broad SMARTS) is 1. The lowest BCUT2D eigenvalue weighted by atomic mass is 10.0. The van der Waals surface area contributed by atoms with Crippen LogP contribution in [0.25, 0.3) is 11.0 Å². The molecule has 0 saturated heterocycles. The van der Waals surface area contributed by atoms with Crippen LogP contribution in [0.1, 0.15) is 90.8 Å². The molecule has 0 bridgehead atoms. The minimum atomic E-state index is -4.57. The van der Waals surface area contributed by atoms with E-state index in [1.807, 2.05) is 12.1 Å². The number of rotatable bonds is 15. The molecule has 1 atom stereocenters. The Bertz CT molecular complexity index is 1680. The third kappa shape index (κ3) is 9.83. The van der Waals surface area contributed by atoms with Crippen LogP contribution in [-0.4, -0.2) is 16.2 Å². The topological polar surface area (TPSA) is 87.7 Å². The van der Waals surface area contributed by atoms with Gasteiger partial charge in [-0.2, -0.15) is 13.2 Å². The summed E-state index contributed by atoms with van der Waals surface area (Å²) in [6, 6.07) is 18.3. The highest BCUT2D eigenvalue weighted by Gasteiger charge is 2.31. The number of aromatic carboxylic acids is 1. The standard InChI is InChI=1S/C36H37F3O5S/c1-2-3-4-5-6-7-8-10-24-13-15-25(16-14-24)17-20-33(34(41)26-11-9-12-27(21-26)36(37,38)39)45-28-18-19-29-30(40)23-32(35(42)43)44-31(29)22-28/h9,11-16,18-23,34,41H,2-8,10,17H2,1H3,(H,42,43)/t34-/m0/s1. The number of fused-ring (bicyclic) bond motifs is 1. The van der Waals surface area contributed by atoms with E-state index in [2.05, 4.69) is 19.1 Å². The first-order valence-electron chi connectivity index (χ1n) is 15.2. The smallest absolute Gasteiger partial charge is 0.416 e. The van der Waals surface area contributed by atoms with E-state index in [1.54, 1.807) is 12.1 Å². The van der Waals surface area contributed by atoms with Gasteiger partial charge in [-0.15, -0.1) is 0 Å². The lowest BCUT2D eigenvalue weighted by Crippen LogP contribution is -2.07. The molecule has 5 nitrogen and oxygen atoms in total. The number of carbonyl (C=O) groups is 1. The van der Waals surface area contributed by atoms with E-state index in [9.17, 15) is 33.0 Å². The number of unbranched alkanes of at least 4 members (excludes halogenated alkanes) is 6. The van der Waals surface area contributed by atoms with E-state index in [4.69, 9.17) is 4.42 Å². The first-order valence-corrected chi connectivity index (χ1v) is 16.0. The quantitative estimate of drug-likeness (QED) is 0.0996. The molecule has 1 heterocycles. The molecule has 4 rings (SSSR count). The lowest BCUT2D eigenvalue weighted by molar-refractivity contribution is -0.137. The third-order valence-electron chi connectivity index (χ3n) is 7.58. The number of allylic oxidation sites excluding steroid dienone is 1. The maximum atomic E-state index is 13.4. The molecule has 0 spiro atoms. The van der Waals surface area contributed by atoms with E-state index in [0.29, 0.717) is 16.2 Å². The molecule has 0 aliphatic rings. The number of aliphatic hydroxyl groups excluding tert-OH is 1. The molecular weight excluding hydrogens is 601 g/mol. The summed E-state index contributed by atoms with van der Waals surface area (Å²) in [4.78, 5) is 24.7. The van der Waals surface area contributed by atoms with E-state index in [0.717, 1.165) is 48.4 Å². The molecule has 1 aromatic heterocycles. The maximum Gasteiger partial charge on any atom is 0.416 e. The number of thioether (sulfide) groups is 1. The van der Waals surface area contributed by atoms with Gasteiger partial charge < -0.3 is 14.6 Å². The molecule has 9 heteroatoms. The van der Waals surface area contributed by atoms with Crippen molar-refractivity contribution in [2.24, 2.45) is 0 Å². The first-order chi connectivity index (χ1) is 21.5. The minimum Gasteiger partial charge on any atom is -0.475 e. The highest BCUT2D eigenvalue weighted by atomic mass is 32.2. The minimum absolute atomic E-state index is 0.0503. The first kappa shape index (κ1) is 34.1. The van der Waals surface area contributed by atoms with Crippen LogP contribution in [0.3, 0.4) is 0 Å². The van der Waals surface area contributed by atoms with Gasteiger partial charge in [-0.05, 0) is 66.3 Å². The number of aryl methyl sites for hydroxylation is 1. The molecule has 0 unspecified atom stereocenters. The highest BCUT2D eigenvalue weighted by Crippen LogP contribution is 2.39. The fourth-order valence-electron chi connectivity index (χ4n) is 5.05. The van der Waals surface area contributed by atoms with Crippen molar-refractivity contribution in [2.75, 3.05) is 0 Å². The van der Waals surface area contributed by atoms with E-state index in [1.165, 1.54) is 68.4 Å². The van der Waals surface area contributed by atoms with Crippen LogP contribution in [-0.2, 0) is 19.0 Å². The van der Waals surface area contributed by atoms with Gasteiger partial charge in [0.1, 0.15) is 11.7 Å². The average molecular weight is 639 g/mol. The monoisotopic (exact) mass is 638 g/mol. The van der Waals surface area contributed by atoms with Gasteiger partial charge in [0.05, 0.1) is 10.9 Å². The number of aliphatic hydroxyl groups is 1. The summed E-state index contributed by atoms with van der Waals surface area (Å²) in [5.41, 5.74) is 0.967. The van der Waals surface area contributed by atoms with Crippen LogP contribution in [0.4, 0.5) is 13.2 Å². The normalized spacial score (nSPS) is 12.9. The molecule has 0 aliphatic heterocycles. The summed E-state index contributed by atoms with van der Waals surface area (Å²) in [5, 5.41) is 20.8. The van der Waals surface area contributed by atoms with Crippen LogP contribution in [0.5, 0.6) is 0 Å². The van der Waals surface area contributed by atoms with Gasteiger partial charge in [-0.25, -0.2) is 4.79 Å². The predicted octanol–water partition coefficient (Wildman–Crippen LogP) is 9.76. The van der Waals surface area contributed by atoms with Crippen molar-refractivity contribution < 1.29 is 32.6 Å². The number of hydrogen-bond donors (Lipinski definition) is 2. The Balaban J connectivity index is 1.55. The maximum absolute atomic E-state index is 13.4. The highest BCUT2D eigenvalue weighted by molar-refractivity contribution is 8.03. The van der Waals surface area contributed by atoms with Crippen LogP contribution in [0, 0.1) is 0 Å². The molecule has 0 aliphatic carbocycles. The summed E-state index contributed by atoms with van der Waals surface area (Å²) < 4.78 is 45.7. The summed E-state index contributed by atoms with van der Waals surface area (Å²) >= 11 is 1.10. The zero-order chi connectivity index (χ0) is 32.4. The van der Waals surface area contributed by atoms with E-state index < -0.39 is 35.0 Å². The molecule has 0 amide bonds. The van der Waals surface area contributed by atoms with Crippen LogP contribution < -0.4 is 5.43 Å². The van der Waals surface area contributed by atoms with Gasteiger partial charge >= 0.3 is 12.1 Å². The van der Waals surface area contributed by atoms with Crippen molar-refractivity contribution in [1.29, 1.82) is 0 Å². The fraction of sp³-hybridized carbons (Fsp3) is 0.333. The van der Waals surface area contributed by atoms with Crippen molar-refractivity contribution in [2.45, 2.75) is 81.9 Å². The summed E-state index contributed by atoms with van der Waals surface area (Å²) in [6.45, 7) is 2.21. The van der Waals surface area contributed by atoms with Crippen molar-refractivity contribution in [3.8, 4) is 0 Å². The third-order valence-corrected chi connectivity index (χ3v) is 8.69. The van der Waals surface area contributed by atoms with E-state index >= 15 is 0 Å². The molecule has 4 aromatic rings. The molecule has 0 radical (unpaired) electrons. The largest absolute Gasteiger partial charge is 0.475 e. The predicted molar refractivity (Wildman–Crippen MR) is 172 cm³/mol. The van der Waals surface area contributed by atoms with Gasteiger partial charge in [0.15, 0.2) is 5.43 Å². The van der Waals surface area contributed by atoms with Crippen LogP contribution in [0.2, 0.25) is 0 Å². The van der Waals surface area contributed by atoms with Crippen molar-refractivity contribution in [3.63, 3.8) is 0 Å². The summed E-state index contributed by atoms with van der Waals surface area (Å²) in [5.74, 6) is -1.90. The average Bonchev–Trinajstić information content (AvgIpc) is 3.02. The van der Waals surface area contributed by atoms with Gasteiger partial charge in [0.2, 0.25) is 5.76 Å². The second kappa shape index (κ2) is 16.0. The van der Waals surface area contributed by atoms with Crippen molar-refractivity contribution in [1.82, 2.24) is 0 Å². The zero-order valence-electron chi connectivity index (χ0n) is 25.1. The molecule has 45 heavy (non-hydrogen) atoms. The number of hydrogen-bond acceptors (Lipinski definition) is 5. The number of benzene rings is 3. The van der Waals surface area contributed by atoms with Crippen LogP contribution >= 0.6 is 11.8 Å². The Morgan fingerprint density at radius 3 is 2.29 bits per heavy atom. The SMILES string of the molecule is CCCCCCCCCc1ccc(CC=C(Sc2ccc3c(=O)cc(C(=O)O)oc3c2)[C@@H](O)c2cccc(C(F)(F)F)c2)cc1. The molecular formula is C36H37F3O5S. The van der Waals surface area contributed by atoms with Gasteiger partial charge in [-0.1, -0.05) is 99.7 Å². The molecule has 238 valence electrons. The Hall–Kier alpha value is -3.82. The van der Waals surface area contributed by atoms with Gasteiger partial charge in [0, 0.05) is 15.9 Å². The Morgan fingerprint density at radius 1 is 0.911 bits per heavy atom. The molecule has 0 fully saturated rings. The Kier molecular flexibility index (Phi) is 12.1. The lowest BCUT2D eigenvalue weighted by Gasteiger charge is -2.17. The van der Waals surface area contributed by atoms with E-state index in [-0.39, 0.29) is 16.5 Å². The number of carboxylic acids is 1. The second-order valence-corrected chi connectivity index (χ2v) is 12.2. The zero-order valence-corrected chi connectivity index (χ0v) is 25.9. The molecule has 2 N–H and O–H groups in total. The fourth-order valence-corrected chi connectivity index (χ4v) is 6.03.